The first-order valence-corrected chi connectivity index (χ1v) is 8.75. The Kier molecular flexibility index (Phi) is 29.1. The zero-order valence-electron chi connectivity index (χ0n) is 18.7. The minimum Gasteiger partial charge on any atom is -0.460 e. The van der Waals surface area contributed by atoms with Crippen molar-refractivity contribution in [2.24, 2.45) is 4.99 Å². The first-order chi connectivity index (χ1) is 13.9. The number of aliphatic imine (C=N–C) groups is 1. The number of rotatable bonds is 14. The molecule has 0 spiro atoms. The molecule has 0 saturated heterocycles. The minimum absolute atomic E-state index is 0.0694. The lowest BCUT2D eigenvalue weighted by Gasteiger charge is -2.11. The third-order valence-electron chi connectivity index (χ3n) is 2.93. The van der Waals surface area contributed by atoms with Crippen LogP contribution in [0.5, 0.6) is 0 Å². The number of hydrogen-bond acceptors (Lipinski definition) is 10. The van der Waals surface area contributed by atoms with Crippen LogP contribution >= 0.6 is 0 Å². The van der Waals surface area contributed by atoms with Crippen LogP contribution in [0.25, 0.3) is 0 Å². The van der Waals surface area contributed by atoms with Gasteiger partial charge < -0.3 is 33.2 Å². The van der Waals surface area contributed by atoms with Crippen molar-refractivity contribution in [1.29, 1.82) is 0 Å². The highest BCUT2D eigenvalue weighted by atomic mass is 16.6. The van der Waals surface area contributed by atoms with Gasteiger partial charge in [0.2, 0.25) is 6.08 Å². The van der Waals surface area contributed by atoms with Crippen LogP contribution in [-0.2, 0) is 42.7 Å². The monoisotopic (exact) mass is 423 g/mol. The Balaban J connectivity index is -0.000000352. The van der Waals surface area contributed by atoms with Crippen LogP contribution in [0.15, 0.2) is 17.1 Å². The van der Waals surface area contributed by atoms with E-state index >= 15 is 0 Å². The molecule has 0 unspecified atom stereocenters. The van der Waals surface area contributed by atoms with E-state index < -0.39 is 5.97 Å². The summed E-state index contributed by atoms with van der Waals surface area (Å²) in [6.07, 6.45) is 1.47. The van der Waals surface area contributed by atoms with E-state index in [0.717, 1.165) is 0 Å². The van der Waals surface area contributed by atoms with Gasteiger partial charge in [-0.3, -0.25) is 0 Å². The van der Waals surface area contributed by atoms with Crippen LogP contribution in [0.3, 0.4) is 0 Å². The number of carbonyl (C=O) groups is 1. The fourth-order valence-corrected chi connectivity index (χ4v) is 1.46. The van der Waals surface area contributed by atoms with Gasteiger partial charge in [0.05, 0.1) is 33.0 Å². The third-order valence-corrected chi connectivity index (χ3v) is 2.93. The molecule has 29 heavy (non-hydrogen) atoms. The SMILES string of the molecule is C=C(C)C(=O)OCCN=C=O.COCC(COC)OC.COCC(COC)OC. The summed E-state index contributed by atoms with van der Waals surface area (Å²) >= 11 is 0. The predicted octanol–water partition coefficient (Wildman–Crippen LogP) is 1.03. The number of isocyanates is 1. The molecule has 10 heteroatoms. The maximum atomic E-state index is 10.6. The molecule has 0 amide bonds. The normalized spacial score (nSPS) is 9.69. The number of hydrogen-bond donors (Lipinski definition) is 0. The van der Waals surface area contributed by atoms with E-state index in [4.69, 9.17) is 28.4 Å². The van der Waals surface area contributed by atoms with Gasteiger partial charge in [-0.05, 0) is 6.92 Å². The maximum Gasteiger partial charge on any atom is 0.333 e. The number of nitrogens with zero attached hydrogens (tertiary/aromatic N) is 1. The van der Waals surface area contributed by atoms with Gasteiger partial charge in [-0.25, -0.2) is 14.6 Å². The Morgan fingerprint density at radius 1 is 0.862 bits per heavy atom. The van der Waals surface area contributed by atoms with E-state index in [0.29, 0.717) is 32.0 Å². The molecular weight excluding hydrogens is 386 g/mol. The lowest BCUT2D eigenvalue weighted by molar-refractivity contribution is -0.138. The molecule has 0 radical (unpaired) electrons. The Hall–Kier alpha value is -1.65. The Bertz CT molecular complexity index is 398. The largest absolute Gasteiger partial charge is 0.460 e. The second kappa shape index (κ2) is 26.4. The molecule has 0 aliphatic heterocycles. The van der Waals surface area contributed by atoms with Crippen LogP contribution in [0.1, 0.15) is 6.92 Å². The molecule has 0 aromatic heterocycles. The first kappa shape index (κ1) is 32.0. The van der Waals surface area contributed by atoms with Gasteiger partial charge in [-0.1, -0.05) is 6.58 Å². The average molecular weight is 424 g/mol. The molecule has 10 nitrogen and oxygen atoms in total. The molecular formula is C19H37NO9. The summed E-state index contributed by atoms with van der Waals surface area (Å²) in [5, 5.41) is 0. The topological polar surface area (TPSA) is 111 Å². The van der Waals surface area contributed by atoms with Crippen molar-refractivity contribution in [1.82, 2.24) is 0 Å². The molecule has 0 aliphatic carbocycles. The van der Waals surface area contributed by atoms with Crippen LogP contribution in [-0.4, -0.2) is 106 Å². The van der Waals surface area contributed by atoms with E-state index in [2.05, 4.69) is 16.3 Å². The zero-order chi connectivity index (χ0) is 22.9. The minimum atomic E-state index is -0.467. The smallest absolute Gasteiger partial charge is 0.333 e. The highest BCUT2D eigenvalue weighted by molar-refractivity contribution is 5.86. The van der Waals surface area contributed by atoms with Crippen molar-refractivity contribution in [3.05, 3.63) is 12.2 Å². The van der Waals surface area contributed by atoms with Crippen LogP contribution < -0.4 is 0 Å². The lowest BCUT2D eigenvalue weighted by atomic mass is 10.4. The summed E-state index contributed by atoms with van der Waals surface area (Å²) in [4.78, 5) is 23.4. The molecule has 0 saturated carbocycles. The number of methoxy groups -OCH3 is 6. The van der Waals surface area contributed by atoms with Crippen LogP contribution in [0.4, 0.5) is 0 Å². The predicted molar refractivity (Wildman–Crippen MR) is 108 cm³/mol. The standard InChI is InChI=1S/C7H9NO3.2C6H14O3/c1-6(2)7(10)11-4-3-8-5-9;2*1-7-4-6(9-3)5-8-2/h1,3-4H2,2H3;2*6H,4-5H2,1-3H3. The molecule has 0 aromatic rings. The summed E-state index contributed by atoms with van der Waals surface area (Å²) < 4.78 is 33.9. The summed E-state index contributed by atoms with van der Waals surface area (Å²) in [5.74, 6) is -0.467. The van der Waals surface area contributed by atoms with Crippen molar-refractivity contribution in [2.75, 3.05) is 82.2 Å². The number of esters is 1. The van der Waals surface area contributed by atoms with Crippen molar-refractivity contribution in [3.63, 3.8) is 0 Å². The average Bonchev–Trinajstić information content (AvgIpc) is 2.71. The van der Waals surface area contributed by atoms with Crippen molar-refractivity contribution in [2.45, 2.75) is 19.1 Å². The molecule has 0 bridgehead atoms. The highest BCUT2D eigenvalue weighted by Crippen LogP contribution is 1.91. The van der Waals surface area contributed by atoms with Gasteiger partial charge in [0.25, 0.3) is 0 Å². The van der Waals surface area contributed by atoms with E-state index in [-0.39, 0.29) is 25.4 Å². The highest BCUT2D eigenvalue weighted by Gasteiger charge is 2.04. The lowest BCUT2D eigenvalue weighted by Crippen LogP contribution is -2.22. The van der Waals surface area contributed by atoms with Crippen LogP contribution in [0.2, 0.25) is 0 Å². The van der Waals surface area contributed by atoms with E-state index in [9.17, 15) is 9.59 Å². The molecule has 0 atom stereocenters. The van der Waals surface area contributed by atoms with Crippen molar-refractivity contribution >= 4 is 12.0 Å². The van der Waals surface area contributed by atoms with Gasteiger partial charge in [-0.2, -0.15) is 0 Å². The maximum absolute atomic E-state index is 10.6. The first-order valence-electron chi connectivity index (χ1n) is 8.75. The molecule has 0 fully saturated rings. The fourth-order valence-electron chi connectivity index (χ4n) is 1.46. The van der Waals surface area contributed by atoms with E-state index in [1.54, 1.807) is 49.6 Å². The molecule has 0 heterocycles. The second-order valence-electron chi connectivity index (χ2n) is 5.43. The molecule has 0 N–H and O–H groups in total. The van der Waals surface area contributed by atoms with Crippen LogP contribution in [0, 0.1) is 0 Å². The second-order valence-corrected chi connectivity index (χ2v) is 5.43. The van der Waals surface area contributed by atoms with Gasteiger partial charge >= 0.3 is 5.97 Å². The van der Waals surface area contributed by atoms with Gasteiger partial charge in [0.15, 0.2) is 0 Å². The molecule has 0 aromatic carbocycles. The Labute approximate surface area is 174 Å². The Morgan fingerprint density at radius 3 is 1.48 bits per heavy atom. The van der Waals surface area contributed by atoms with Gasteiger partial charge in [0, 0.05) is 48.2 Å². The number of ether oxygens (including phenoxy) is 7. The molecule has 0 aliphatic rings. The van der Waals surface area contributed by atoms with E-state index in [1.807, 2.05) is 0 Å². The summed E-state index contributed by atoms with van der Waals surface area (Å²) in [6.45, 7) is 7.52. The summed E-state index contributed by atoms with van der Waals surface area (Å²) in [7, 11) is 9.85. The van der Waals surface area contributed by atoms with E-state index in [1.165, 1.54) is 6.08 Å². The number of carbonyl (C=O) groups excluding carboxylic acids is 2. The fraction of sp³-hybridized carbons (Fsp3) is 0.789. The van der Waals surface area contributed by atoms with Gasteiger partial charge in [-0.15, -0.1) is 0 Å². The van der Waals surface area contributed by atoms with Crippen molar-refractivity contribution in [3.8, 4) is 0 Å². The quantitative estimate of drug-likeness (QED) is 0.133. The zero-order valence-corrected chi connectivity index (χ0v) is 18.7. The van der Waals surface area contributed by atoms with Gasteiger partial charge in [0.1, 0.15) is 18.8 Å². The molecule has 0 rings (SSSR count). The van der Waals surface area contributed by atoms with Crippen molar-refractivity contribution < 1.29 is 42.7 Å². The third kappa shape index (κ3) is 26.4. The molecule has 172 valence electrons. The summed E-state index contributed by atoms with van der Waals surface area (Å²) in [6, 6.07) is 0. The Morgan fingerprint density at radius 2 is 1.24 bits per heavy atom. The summed E-state index contributed by atoms with van der Waals surface area (Å²) in [5.41, 5.74) is 0.333.